The fourth-order valence-electron chi connectivity index (χ4n) is 0.475. The highest BCUT2D eigenvalue weighted by molar-refractivity contribution is 7.90. The van der Waals surface area contributed by atoms with E-state index >= 15 is 0 Å². The van der Waals surface area contributed by atoms with Crippen molar-refractivity contribution in [2.75, 3.05) is 18.8 Å². The molecule has 5 nitrogen and oxygen atoms in total. The summed E-state index contributed by atoms with van der Waals surface area (Å²) in [7, 11) is -0.481. The van der Waals surface area contributed by atoms with Gasteiger partial charge in [0.1, 0.15) is 0 Å². The normalized spacial score (nSPS) is 11.9. The first-order chi connectivity index (χ1) is 5.52. The van der Waals surface area contributed by atoms with E-state index in [1.54, 1.807) is 5.38 Å². The third-order valence-electron chi connectivity index (χ3n) is 1.13. The molecule has 1 N–H and O–H groups in total. The van der Waals surface area contributed by atoms with E-state index in [0.29, 0.717) is 5.13 Å². The summed E-state index contributed by atoms with van der Waals surface area (Å²) >= 11 is 1.24. The molecule has 7 heteroatoms. The molecule has 0 aromatic carbocycles. The van der Waals surface area contributed by atoms with Gasteiger partial charge in [-0.05, 0) is 0 Å². The average Bonchev–Trinajstić information content (AvgIpc) is 2.38. The van der Waals surface area contributed by atoms with E-state index < -0.39 is 10.2 Å². The molecular weight excluding hydrogens is 198 g/mol. The number of aromatic nitrogens is 1. The third kappa shape index (κ3) is 2.16. The Kier molecular flexibility index (Phi) is 2.65. The highest BCUT2D eigenvalue weighted by atomic mass is 32.2. The van der Waals surface area contributed by atoms with Crippen LogP contribution in [0.4, 0.5) is 5.13 Å². The molecule has 1 rings (SSSR count). The molecule has 0 radical (unpaired) electrons. The van der Waals surface area contributed by atoms with Crippen LogP contribution in [0.3, 0.4) is 0 Å². The van der Waals surface area contributed by atoms with Gasteiger partial charge in [-0.1, -0.05) is 0 Å². The Balaban J connectivity index is 2.77. The molecule has 0 aliphatic carbocycles. The molecule has 0 spiro atoms. The van der Waals surface area contributed by atoms with Gasteiger partial charge in [0.2, 0.25) is 0 Å². The molecule has 0 fully saturated rings. The van der Waals surface area contributed by atoms with Crippen LogP contribution < -0.4 is 4.72 Å². The first-order valence-electron chi connectivity index (χ1n) is 3.12. The fourth-order valence-corrected chi connectivity index (χ4v) is 1.81. The van der Waals surface area contributed by atoms with Crippen molar-refractivity contribution in [2.24, 2.45) is 0 Å². The van der Waals surface area contributed by atoms with Gasteiger partial charge in [-0.25, -0.2) is 9.71 Å². The van der Waals surface area contributed by atoms with Crippen LogP contribution >= 0.6 is 11.3 Å². The SMILES string of the molecule is CN(C)S(=O)(=O)Nc1nccs1. The van der Waals surface area contributed by atoms with E-state index in [0.717, 1.165) is 4.31 Å². The van der Waals surface area contributed by atoms with E-state index in [-0.39, 0.29) is 0 Å². The number of hydrogen-bond acceptors (Lipinski definition) is 4. The summed E-state index contributed by atoms with van der Waals surface area (Å²) in [5, 5.41) is 2.08. The Labute approximate surface area is 75.2 Å². The fraction of sp³-hybridized carbons (Fsp3) is 0.400. The van der Waals surface area contributed by atoms with E-state index in [1.807, 2.05) is 0 Å². The van der Waals surface area contributed by atoms with Crippen molar-refractivity contribution >= 4 is 26.7 Å². The van der Waals surface area contributed by atoms with Gasteiger partial charge < -0.3 is 0 Å². The first kappa shape index (κ1) is 9.43. The zero-order valence-electron chi connectivity index (χ0n) is 6.68. The maximum atomic E-state index is 11.2. The van der Waals surface area contributed by atoms with E-state index in [2.05, 4.69) is 9.71 Å². The summed E-state index contributed by atoms with van der Waals surface area (Å²) in [6.45, 7) is 0. The van der Waals surface area contributed by atoms with Gasteiger partial charge in [0.15, 0.2) is 5.13 Å². The zero-order chi connectivity index (χ0) is 9.19. The van der Waals surface area contributed by atoms with Crippen molar-refractivity contribution < 1.29 is 8.42 Å². The number of nitrogens with zero attached hydrogens (tertiary/aromatic N) is 2. The third-order valence-corrected chi connectivity index (χ3v) is 3.36. The number of anilines is 1. The van der Waals surface area contributed by atoms with Crippen LogP contribution in [0.1, 0.15) is 0 Å². The predicted molar refractivity (Wildman–Crippen MR) is 48.3 cm³/mol. The Morgan fingerprint density at radius 1 is 1.58 bits per heavy atom. The molecule has 12 heavy (non-hydrogen) atoms. The van der Waals surface area contributed by atoms with E-state index in [9.17, 15) is 8.42 Å². The summed E-state index contributed by atoms with van der Waals surface area (Å²) < 4.78 is 25.8. The number of nitrogens with one attached hydrogen (secondary N) is 1. The maximum Gasteiger partial charge on any atom is 0.302 e. The Morgan fingerprint density at radius 2 is 2.25 bits per heavy atom. The highest BCUT2D eigenvalue weighted by Crippen LogP contribution is 2.12. The van der Waals surface area contributed by atoms with Gasteiger partial charge in [-0.15, -0.1) is 11.3 Å². The minimum Gasteiger partial charge on any atom is -0.246 e. The molecule has 0 bridgehead atoms. The average molecular weight is 207 g/mol. The van der Waals surface area contributed by atoms with Crippen LogP contribution in [-0.2, 0) is 10.2 Å². The first-order valence-corrected chi connectivity index (χ1v) is 5.44. The maximum absolute atomic E-state index is 11.2. The van der Waals surface area contributed by atoms with Gasteiger partial charge in [0, 0.05) is 25.7 Å². The molecule has 0 atom stereocenters. The molecule has 1 heterocycles. The van der Waals surface area contributed by atoms with Crippen molar-refractivity contribution in [3.63, 3.8) is 0 Å². The van der Waals surface area contributed by atoms with Crippen LogP contribution in [0.2, 0.25) is 0 Å². The smallest absolute Gasteiger partial charge is 0.246 e. The Morgan fingerprint density at radius 3 is 2.67 bits per heavy atom. The molecule has 1 aromatic rings. The number of hydrogen-bond donors (Lipinski definition) is 1. The molecule has 0 saturated heterocycles. The van der Waals surface area contributed by atoms with Crippen molar-refractivity contribution in [3.05, 3.63) is 11.6 Å². The van der Waals surface area contributed by atoms with Gasteiger partial charge in [-0.3, -0.25) is 0 Å². The van der Waals surface area contributed by atoms with Crippen molar-refractivity contribution in [1.82, 2.24) is 9.29 Å². The van der Waals surface area contributed by atoms with Crippen LogP contribution in [0.25, 0.3) is 0 Å². The Hall–Kier alpha value is -0.660. The second-order valence-corrected chi connectivity index (χ2v) is 5.01. The summed E-state index contributed by atoms with van der Waals surface area (Å²) in [5.41, 5.74) is 0. The lowest BCUT2D eigenvalue weighted by atomic mass is 11.0. The standard InChI is InChI=1S/C5H9N3O2S2/c1-8(2)12(9,10)7-5-6-3-4-11-5/h3-4H,1-2H3,(H,6,7). The lowest BCUT2D eigenvalue weighted by Crippen LogP contribution is -2.28. The van der Waals surface area contributed by atoms with Crippen LogP contribution in [0, 0.1) is 0 Å². The molecule has 0 aliphatic rings. The van der Waals surface area contributed by atoms with Crippen molar-refractivity contribution in [2.45, 2.75) is 0 Å². The summed E-state index contributed by atoms with van der Waals surface area (Å²) in [5.74, 6) is 0. The summed E-state index contributed by atoms with van der Waals surface area (Å²) in [6.07, 6.45) is 1.54. The second-order valence-electron chi connectivity index (χ2n) is 2.23. The molecular formula is C5H9N3O2S2. The quantitative estimate of drug-likeness (QED) is 0.778. The number of rotatable bonds is 3. The van der Waals surface area contributed by atoms with Crippen LogP contribution in [0.5, 0.6) is 0 Å². The van der Waals surface area contributed by atoms with Crippen molar-refractivity contribution in [3.8, 4) is 0 Å². The van der Waals surface area contributed by atoms with Crippen LogP contribution in [-0.4, -0.2) is 31.8 Å². The molecule has 1 aromatic heterocycles. The lowest BCUT2D eigenvalue weighted by molar-refractivity contribution is 0.527. The topological polar surface area (TPSA) is 62.3 Å². The largest absolute Gasteiger partial charge is 0.302 e. The zero-order valence-corrected chi connectivity index (χ0v) is 8.32. The molecule has 0 unspecified atom stereocenters. The van der Waals surface area contributed by atoms with Gasteiger partial charge in [0.05, 0.1) is 0 Å². The van der Waals surface area contributed by atoms with Gasteiger partial charge >= 0.3 is 10.2 Å². The van der Waals surface area contributed by atoms with Crippen molar-refractivity contribution in [1.29, 1.82) is 0 Å². The summed E-state index contributed by atoms with van der Waals surface area (Å²) in [4.78, 5) is 3.79. The molecule has 0 amide bonds. The summed E-state index contributed by atoms with van der Waals surface area (Å²) in [6, 6.07) is 0. The van der Waals surface area contributed by atoms with Gasteiger partial charge in [0.25, 0.3) is 0 Å². The van der Waals surface area contributed by atoms with Crippen LogP contribution in [0.15, 0.2) is 11.6 Å². The van der Waals surface area contributed by atoms with E-state index in [4.69, 9.17) is 0 Å². The minimum absolute atomic E-state index is 0.378. The molecule has 0 aliphatic heterocycles. The second kappa shape index (κ2) is 3.38. The molecule has 68 valence electrons. The predicted octanol–water partition coefficient (Wildman–Crippen LogP) is 0.361. The Bertz CT molecular complexity index is 330. The number of thiazole rings is 1. The monoisotopic (exact) mass is 207 g/mol. The van der Waals surface area contributed by atoms with E-state index in [1.165, 1.54) is 31.6 Å². The molecule has 0 saturated carbocycles. The minimum atomic E-state index is -3.39. The highest BCUT2D eigenvalue weighted by Gasteiger charge is 2.13. The lowest BCUT2D eigenvalue weighted by Gasteiger charge is -2.10. The van der Waals surface area contributed by atoms with Gasteiger partial charge in [-0.2, -0.15) is 12.7 Å².